The third-order valence-corrected chi connectivity index (χ3v) is 2.82. The van der Waals surface area contributed by atoms with E-state index in [1.54, 1.807) is 0 Å². The average Bonchev–Trinajstić information content (AvgIpc) is 2.15. The Balaban J connectivity index is 0. The van der Waals surface area contributed by atoms with Crippen molar-refractivity contribution >= 4 is 22.2 Å². The van der Waals surface area contributed by atoms with Gasteiger partial charge in [0, 0.05) is 0 Å². The largest absolute Gasteiger partial charge is 1.00 e. The SMILES string of the molecule is O=C(O)OS(=O)(=O)c1ccccc1C(=O)O.[H-].[Na+]. The van der Waals surface area contributed by atoms with Gasteiger partial charge in [-0.3, -0.25) is 0 Å². The van der Waals surface area contributed by atoms with E-state index in [2.05, 4.69) is 4.18 Å². The van der Waals surface area contributed by atoms with Gasteiger partial charge in [0.05, 0.1) is 5.56 Å². The number of carboxylic acid groups (broad SMARTS) is 2. The Bertz CT molecular complexity index is 542. The van der Waals surface area contributed by atoms with Crippen LogP contribution in [0.5, 0.6) is 0 Å². The molecule has 17 heavy (non-hydrogen) atoms. The molecule has 0 spiro atoms. The number of aromatic carboxylic acids is 1. The van der Waals surface area contributed by atoms with E-state index in [0.717, 1.165) is 12.1 Å². The van der Waals surface area contributed by atoms with Crippen molar-refractivity contribution < 1.29 is 63.4 Å². The minimum atomic E-state index is -4.62. The van der Waals surface area contributed by atoms with Crippen molar-refractivity contribution in [1.82, 2.24) is 0 Å². The van der Waals surface area contributed by atoms with Crippen molar-refractivity contribution in [3.8, 4) is 0 Å². The predicted molar refractivity (Wildman–Crippen MR) is 50.8 cm³/mol. The van der Waals surface area contributed by atoms with E-state index in [-0.39, 0.29) is 31.0 Å². The van der Waals surface area contributed by atoms with Crippen LogP contribution in [0.4, 0.5) is 4.79 Å². The van der Waals surface area contributed by atoms with E-state index in [4.69, 9.17) is 10.2 Å². The summed E-state index contributed by atoms with van der Waals surface area (Å²) in [6.07, 6.45) is -2.03. The number of hydrogen-bond acceptors (Lipinski definition) is 5. The first-order valence-corrected chi connectivity index (χ1v) is 5.25. The fraction of sp³-hybridized carbons (Fsp3) is 0. The molecule has 0 unspecified atom stereocenters. The molecular formula is C8H7NaO7S. The molecule has 9 heteroatoms. The van der Waals surface area contributed by atoms with E-state index >= 15 is 0 Å². The van der Waals surface area contributed by atoms with Crippen molar-refractivity contribution in [3.63, 3.8) is 0 Å². The maximum absolute atomic E-state index is 11.3. The van der Waals surface area contributed by atoms with E-state index in [1.807, 2.05) is 0 Å². The molecule has 0 bridgehead atoms. The molecule has 0 aliphatic heterocycles. The molecular weight excluding hydrogens is 263 g/mol. The smallest absolute Gasteiger partial charge is 1.00 e. The van der Waals surface area contributed by atoms with Crippen LogP contribution in [0.25, 0.3) is 0 Å². The van der Waals surface area contributed by atoms with Gasteiger partial charge in [-0.1, -0.05) is 12.1 Å². The standard InChI is InChI=1S/C8H6O7S.Na.H/c9-7(10)5-3-1-2-4-6(5)16(13,14)15-8(11)12;;/h1-4H,(H,9,10)(H,11,12);;/q;+1;-1. The van der Waals surface area contributed by atoms with Gasteiger partial charge in [0.1, 0.15) is 4.90 Å². The third kappa shape index (κ3) is 4.00. The third-order valence-electron chi connectivity index (χ3n) is 1.57. The second-order valence-corrected chi connectivity index (χ2v) is 4.12. The summed E-state index contributed by atoms with van der Waals surface area (Å²) >= 11 is 0. The Hall–Kier alpha value is -1.09. The fourth-order valence-corrected chi connectivity index (χ4v) is 1.95. The van der Waals surface area contributed by atoms with E-state index in [0.29, 0.717) is 0 Å². The summed E-state index contributed by atoms with van der Waals surface area (Å²) < 4.78 is 26.2. The number of carbonyl (C=O) groups is 2. The summed E-state index contributed by atoms with van der Waals surface area (Å²) in [7, 11) is -4.62. The van der Waals surface area contributed by atoms with Crippen LogP contribution in [0, 0.1) is 0 Å². The van der Waals surface area contributed by atoms with Crippen LogP contribution in [0.1, 0.15) is 11.8 Å². The molecule has 0 aliphatic carbocycles. The summed E-state index contributed by atoms with van der Waals surface area (Å²) in [5, 5.41) is 16.9. The minimum absolute atomic E-state index is 0. The molecule has 7 nitrogen and oxygen atoms in total. The number of carboxylic acids is 1. The van der Waals surface area contributed by atoms with Gasteiger partial charge < -0.3 is 15.8 Å². The van der Waals surface area contributed by atoms with Crippen molar-refractivity contribution in [3.05, 3.63) is 29.8 Å². The Morgan fingerprint density at radius 2 is 1.71 bits per heavy atom. The quantitative estimate of drug-likeness (QED) is 0.476. The molecule has 1 aromatic carbocycles. The topological polar surface area (TPSA) is 118 Å². The van der Waals surface area contributed by atoms with Gasteiger partial charge >= 0.3 is 51.8 Å². The van der Waals surface area contributed by atoms with E-state index in [1.165, 1.54) is 12.1 Å². The van der Waals surface area contributed by atoms with Crippen molar-refractivity contribution in [1.29, 1.82) is 0 Å². The van der Waals surface area contributed by atoms with Gasteiger partial charge in [-0.15, -0.1) is 0 Å². The van der Waals surface area contributed by atoms with Crippen LogP contribution in [-0.2, 0) is 14.3 Å². The first-order chi connectivity index (χ1) is 7.34. The van der Waals surface area contributed by atoms with E-state index < -0.39 is 32.7 Å². The molecule has 2 N–H and O–H groups in total. The Kier molecular flexibility index (Phi) is 5.62. The first-order valence-electron chi connectivity index (χ1n) is 3.84. The molecule has 0 amide bonds. The van der Waals surface area contributed by atoms with E-state index in [9.17, 15) is 18.0 Å². The summed E-state index contributed by atoms with van der Waals surface area (Å²) in [5.74, 6) is -1.49. The summed E-state index contributed by atoms with van der Waals surface area (Å²) in [4.78, 5) is 20.1. The second-order valence-electron chi connectivity index (χ2n) is 2.60. The van der Waals surface area contributed by atoms with Crippen molar-refractivity contribution in [2.75, 3.05) is 0 Å². The average molecular weight is 270 g/mol. The predicted octanol–water partition coefficient (Wildman–Crippen LogP) is -2.12. The number of benzene rings is 1. The van der Waals surface area contributed by atoms with Gasteiger partial charge in [0.25, 0.3) is 0 Å². The van der Waals surface area contributed by atoms with Gasteiger partial charge in [-0.2, -0.15) is 8.42 Å². The van der Waals surface area contributed by atoms with Crippen LogP contribution in [-0.4, -0.2) is 30.8 Å². The summed E-state index contributed by atoms with van der Waals surface area (Å²) in [6, 6.07) is 4.54. The molecule has 0 fully saturated rings. The molecule has 0 heterocycles. The Labute approximate surface area is 120 Å². The molecule has 1 rings (SSSR count). The van der Waals surface area contributed by atoms with Gasteiger partial charge in [-0.25, -0.2) is 9.59 Å². The monoisotopic (exact) mass is 270 g/mol. The molecule has 0 saturated carbocycles. The van der Waals surface area contributed by atoms with Crippen LogP contribution < -0.4 is 29.6 Å². The molecule has 1 aromatic rings. The van der Waals surface area contributed by atoms with Crippen LogP contribution in [0.3, 0.4) is 0 Å². The first kappa shape index (κ1) is 15.9. The molecule has 0 aromatic heterocycles. The maximum Gasteiger partial charge on any atom is 1.00 e. The van der Waals surface area contributed by atoms with Crippen molar-refractivity contribution in [2.45, 2.75) is 4.90 Å². The van der Waals surface area contributed by atoms with Gasteiger partial charge in [-0.05, 0) is 12.1 Å². The molecule has 0 saturated heterocycles. The number of hydrogen-bond donors (Lipinski definition) is 2. The zero-order valence-electron chi connectivity index (χ0n) is 9.65. The number of rotatable bonds is 3. The second kappa shape index (κ2) is 6.01. The molecule has 0 aliphatic rings. The van der Waals surface area contributed by atoms with Gasteiger partial charge in [0.2, 0.25) is 0 Å². The van der Waals surface area contributed by atoms with Gasteiger partial charge in [0.15, 0.2) is 0 Å². The zero-order chi connectivity index (χ0) is 12.3. The summed E-state index contributed by atoms with van der Waals surface area (Å²) in [6.45, 7) is 0. The fourth-order valence-electron chi connectivity index (χ4n) is 1.00. The van der Waals surface area contributed by atoms with Crippen molar-refractivity contribution in [2.24, 2.45) is 0 Å². The van der Waals surface area contributed by atoms with Crippen LogP contribution in [0.15, 0.2) is 29.2 Å². The van der Waals surface area contributed by atoms with Crippen LogP contribution in [0.2, 0.25) is 0 Å². The minimum Gasteiger partial charge on any atom is -1.00 e. The molecule has 0 atom stereocenters. The zero-order valence-corrected chi connectivity index (χ0v) is 11.5. The molecule has 0 radical (unpaired) electrons. The molecule has 88 valence electrons. The van der Waals surface area contributed by atoms with Crippen LogP contribution >= 0.6 is 0 Å². The Morgan fingerprint density at radius 3 is 2.18 bits per heavy atom. The maximum atomic E-state index is 11.3. The summed E-state index contributed by atoms with van der Waals surface area (Å²) in [5.41, 5.74) is -0.552. The Morgan fingerprint density at radius 1 is 1.18 bits per heavy atom. The normalized spacial score (nSPS) is 10.1.